The number of carbonyl (C=O) groups is 2. The van der Waals surface area contributed by atoms with Crippen LogP contribution >= 0.6 is 0 Å². The van der Waals surface area contributed by atoms with Crippen LogP contribution in [0.1, 0.15) is 43.9 Å². The van der Waals surface area contributed by atoms with Crippen LogP contribution in [0.3, 0.4) is 0 Å². The van der Waals surface area contributed by atoms with Gasteiger partial charge in [-0.25, -0.2) is 0 Å². The normalized spacial score (nSPS) is 11.5. The fourth-order valence-corrected chi connectivity index (χ4v) is 4.14. The zero-order chi connectivity index (χ0) is 25.0. The van der Waals surface area contributed by atoms with Gasteiger partial charge in [-0.2, -0.15) is 0 Å². The Morgan fingerprint density at radius 1 is 0.857 bits per heavy atom. The molecule has 0 fully saturated rings. The van der Waals surface area contributed by atoms with Crippen LogP contribution in [0.5, 0.6) is 0 Å². The number of carboxylic acid groups (broad SMARTS) is 1. The number of carboxylic acids is 1. The van der Waals surface area contributed by atoms with Gasteiger partial charge in [0.05, 0.1) is 5.52 Å². The van der Waals surface area contributed by atoms with Crippen molar-refractivity contribution in [1.82, 2.24) is 4.57 Å². The number of rotatable bonds is 8. The van der Waals surface area contributed by atoms with E-state index >= 15 is 0 Å². The number of nitrogens with zero attached hydrogens (tertiary/aromatic N) is 1. The monoisotopic (exact) mass is 468 g/mol. The van der Waals surface area contributed by atoms with Crippen molar-refractivity contribution in [3.05, 3.63) is 95.7 Å². The van der Waals surface area contributed by atoms with Crippen molar-refractivity contribution in [1.29, 1.82) is 0 Å². The average Bonchev–Trinajstić information content (AvgIpc) is 3.19. The van der Waals surface area contributed by atoms with Crippen LogP contribution in [0.15, 0.2) is 79.0 Å². The van der Waals surface area contributed by atoms with Crippen molar-refractivity contribution in [2.75, 3.05) is 5.32 Å². The van der Waals surface area contributed by atoms with Crippen LogP contribution in [0, 0.1) is 5.41 Å². The number of amides is 1. The highest BCUT2D eigenvalue weighted by Gasteiger charge is 2.21. The summed E-state index contributed by atoms with van der Waals surface area (Å²) < 4.78 is 2.16. The van der Waals surface area contributed by atoms with E-state index in [1.165, 1.54) is 11.1 Å². The summed E-state index contributed by atoms with van der Waals surface area (Å²) in [6.45, 7) is 5.69. The minimum Gasteiger partial charge on any atom is -0.481 e. The van der Waals surface area contributed by atoms with E-state index in [9.17, 15) is 9.59 Å². The van der Waals surface area contributed by atoms with Gasteiger partial charge in [0.2, 0.25) is 5.91 Å². The molecular formula is C30H32N2O3. The molecule has 4 aromatic rings. The molecule has 3 aromatic carbocycles. The van der Waals surface area contributed by atoms with Crippen LogP contribution in [-0.2, 0) is 28.9 Å². The van der Waals surface area contributed by atoms with Crippen molar-refractivity contribution in [3.63, 3.8) is 0 Å². The molecule has 0 radical (unpaired) electrons. The number of aromatic nitrogens is 1. The maximum absolute atomic E-state index is 12.5. The van der Waals surface area contributed by atoms with Crippen molar-refractivity contribution in [2.45, 2.75) is 46.5 Å². The number of hydrogen-bond donors (Lipinski definition) is 2. The van der Waals surface area contributed by atoms with E-state index < -0.39 is 11.4 Å². The molecule has 2 N–H and O–H groups in total. The molecule has 180 valence electrons. The van der Waals surface area contributed by atoms with E-state index in [2.05, 4.69) is 52.5 Å². The standard InChI is InChI=1S/C30H32N2O3/c1-30(2,3)29(35)31-24-10-7-11-25(19-24)32-20-23(15-12-21-8-5-4-6-9-21)26-18-22(13-16-27(26)32)14-17-28(33)34/h4-11,13,16,18-20H,12,14-15,17H2,1-3H3,(H,31,35)(H,33,34). The van der Waals surface area contributed by atoms with Crippen LogP contribution in [0.25, 0.3) is 16.6 Å². The molecule has 1 amide bonds. The number of carbonyl (C=O) groups excluding carboxylic acids is 1. The maximum Gasteiger partial charge on any atom is 0.303 e. The van der Waals surface area contributed by atoms with Crippen molar-refractivity contribution in [3.8, 4) is 5.69 Å². The molecule has 0 saturated heterocycles. The summed E-state index contributed by atoms with van der Waals surface area (Å²) in [5, 5.41) is 13.3. The number of fused-ring (bicyclic) bond motifs is 1. The Balaban J connectivity index is 1.71. The minimum atomic E-state index is -0.791. The Morgan fingerprint density at radius 3 is 2.34 bits per heavy atom. The number of nitrogens with one attached hydrogen (secondary N) is 1. The second kappa shape index (κ2) is 10.2. The van der Waals surface area contributed by atoms with Crippen LogP contribution in [0.2, 0.25) is 0 Å². The molecule has 0 spiro atoms. The van der Waals surface area contributed by atoms with Gasteiger partial charge >= 0.3 is 5.97 Å². The van der Waals surface area contributed by atoms with Gasteiger partial charge in [0.15, 0.2) is 0 Å². The van der Waals surface area contributed by atoms with E-state index in [0.717, 1.165) is 40.7 Å². The number of aryl methyl sites for hydroxylation is 3. The zero-order valence-corrected chi connectivity index (χ0v) is 20.5. The summed E-state index contributed by atoms with van der Waals surface area (Å²) in [5.41, 5.74) is 5.82. The average molecular weight is 469 g/mol. The Labute approximate surface area is 206 Å². The molecule has 5 heteroatoms. The highest BCUT2D eigenvalue weighted by molar-refractivity contribution is 5.95. The number of anilines is 1. The van der Waals surface area contributed by atoms with Crippen molar-refractivity contribution in [2.24, 2.45) is 5.41 Å². The van der Waals surface area contributed by atoms with Gasteiger partial charge in [-0.05, 0) is 66.3 Å². The quantitative estimate of drug-likeness (QED) is 0.314. The predicted octanol–water partition coefficient (Wildman–Crippen LogP) is 6.42. The maximum atomic E-state index is 12.5. The van der Waals surface area contributed by atoms with Gasteiger partial charge in [0, 0.05) is 34.8 Å². The molecule has 0 bridgehead atoms. The molecule has 5 nitrogen and oxygen atoms in total. The SMILES string of the molecule is CC(C)(C)C(=O)Nc1cccc(-n2cc(CCc3ccccc3)c3cc(CCC(=O)O)ccc32)c1. The Bertz CT molecular complexity index is 1350. The number of hydrogen-bond acceptors (Lipinski definition) is 2. The molecule has 0 unspecified atom stereocenters. The Hall–Kier alpha value is -3.86. The summed E-state index contributed by atoms with van der Waals surface area (Å²) in [6, 6.07) is 24.5. The van der Waals surface area contributed by atoms with Crippen LogP contribution in [-0.4, -0.2) is 21.6 Å². The van der Waals surface area contributed by atoms with Crippen LogP contribution < -0.4 is 5.32 Å². The highest BCUT2D eigenvalue weighted by atomic mass is 16.4. The van der Waals surface area contributed by atoms with E-state index in [0.29, 0.717) is 6.42 Å². The zero-order valence-electron chi connectivity index (χ0n) is 20.5. The molecule has 1 aromatic heterocycles. The van der Waals surface area contributed by atoms with E-state index in [-0.39, 0.29) is 12.3 Å². The summed E-state index contributed by atoms with van der Waals surface area (Å²) in [6.07, 6.45) is 4.57. The molecular weight excluding hydrogens is 436 g/mol. The molecule has 1 heterocycles. The van der Waals surface area contributed by atoms with Gasteiger partial charge in [-0.15, -0.1) is 0 Å². The van der Waals surface area contributed by atoms with Crippen molar-refractivity contribution >= 4 is 28.5 Å². The lowest BCUT2D eigenvalue weighted by Gasteiger charge is -2.18. The highest BCUT2D eigenvalue weighted by Crippen LogP contribution is 2.29. The first-order valence-corrected chi connectivity index (χ1v) is 12.0. The third-order valence-corrected chi connectivity index (χ3v) is 6.17. The van der Waals surface area contributed by atoms with E-state index in [1.54, 1.807) is 0 Å². The molecule has 0 aliphatic carbocycles. The molecule has 4 rings (SSSR count). The third-order valence-electron chi connectivity index (χ3n) is 6.17. The fraction of sp³-hybridized carbons (Fsp3) is 0.267. The predicted molar refractivity (Wildman–Crippen MR) is 141 cm³/mol. The first-order chi connectivity index (χ1) is 16.7. The fourth-order valence-electron chi connectivity index (χ4n) is 4.14. The van der Waals surface area contributed by atoms with Gasteiger partial charge in [0.25, 0.3) is 0 Å². The van der Waals surface area contributed by atoms with Gasteiger partial charge < -0.3 is 15.0 Å². The van der Waals surface area contributed by atoms with Gasteiger partial charge in [-0.1, -0.05) is 63.2 Å². The second-order valence-corrected chi connectivity index (χ2v) is 10.0. The summed E-state index contributed by atoms with van der Waals surface area (Å²) in [7, 11) is 0. The molecule has 0 aliphatic rings. The third kappa shape index (κ3) is 5.99. The lowest BCUT2D eigenvalue weighted by molar-refractivity contribution is -0.137. The van der Waals surface area contributed by atoms with Gasteiger partial charge in [0.1, 0.15) is 0 Å². The molecule has 0 atom stereocenters. The first kappa shape index (κ1) is 24.3. The lowest BCUT2D eigenvalue weighted by Crippen LogP contribution is -2.27. The van der Waals surface area contributed by atoms with Crippen LogP contribution in [0.4, 0.5) is 5.69 Å². The molecule has 0 aliphatic heterocycles. The van der Waals surface area contributed by atoms with Crippen molar-refractivity contribution < 1.29 is 14.7 Å². The molecule has 0 saturated carbocycles. The summed E-state index contributed by atoms with van der Waals surface area (Å²) >= 11 is 0. The smallest absolute Gasteiger partial charge is 0.303 e. The first-order valence-electron chi connectivity index (χ1n) is 12.0. The minimum absolute atomic E-state index is 0.0290. The number of aliphatic carboxylic acids is 1. The molecule has 35 heavy (non-hydrogen) atoms. The topological polar surface area (TPSA) is 71.3 Å². The second-order valence-electron chi connectivity index (χ2n) is 10.0. The number of benzene rings is 3. The van der Waals surface area contributed by atoms with E-state index in [1.807, 2.05) is 57.2 Å². The Kier molecular flexibility index (Phi) is 7.06. The Morgan fingerprint density at radius 2 is 1.63 bits per heavy atom. The summed E-state index contributed by atoms with van der Waals surface area (Å²) in [4.78, 5) is 23.6. The van der Waals surface area contributed by atoms with Gasteiger partial charge in [-0.3, -0.25) is 9.59 Å². The largest absolute Gasteiger partial charge is 0.481 e. The van der Waals surface area contributed by atoms with E-state index in [4.69, 9.17) is 5.11 Å². The summed E-state index contributed by atoms with van der Waals surface area (Å²) in [5.74, 6) is -0.820. The lowest BCUT2D eigenvalue weighted by atomic mass is 9.95.